The highest BCUT2D eigenvalue weighted by Gasteiger charge is 2.05. The van der Waals surface area contributed by atoms with Crippen molar-refractivity contribution in [3.8, 4) is 0 Å². The maximum Gasteiger partial charge on any atom is 0.0367 e. The van der Waals surface area contributed by atoms with E-state index in [-0.39, 0.29) is 0 Å². The Morgan fingerprint density at radius 3 is 2.00 bits per heavy atom. The summed E-state index contributed by atoms with van der Waals surface area (Å²) in [5.74, 6) is 0.738. The summed E-state index contributed by atoms with van der Waals surface area (Å²) >= 11 is 0. The first kappa shape index (κ1) is 14.9. The lowest BCUT2D eigenvalue weighted by Crippen LogP contribution is -2.22. The summed E-state index contributed by atoms with van der Waals surface area (Å²) in [6.45, 7) is 13.3. The van der Waals surface area contributed by atoms with Crippen molar-refractivity contribution < 1.29 is 0 Å². The second-order valence-electron chi connectivity index (χ2n) is 5.39. The van der Waals surface area contributed by atoms with Crippen molar-refractivity contribution >= 4 is 11.4 Å². The van der Waals surface area contributed by atoms with E-state index in [4.69, 9.17) is 0 Å². The lowest BCUT2D eigenvalue weighted by Gasteiger charge is -2.22. The minimum atomic E-state index is 0.532. The quantitative estimate of drug-likeness (QED) is 0.770. The molecule has 2 heteroatoms. The van der Waals surface area contributed by atoms with Gasteiger partial charge in [-0.1, -0.05) is 13.8 Å². The second-order valence-corrected chi connectivity index (χ2v) is 5.39. The van der Waals surface area contributed by atoms with Crippen molar-refractivity contribution in [1.29, 1.82) is 0 Å². The molecule has 0 saturated carbocycles. The minimum Gasteiger partial charge on any atom is -0.383 e. The first-order valence-electron chi connectivity index (χ1n) is 7.18. The first-order chi connectivity index (χ1) is 8.56. The number of nitrogens with one attached hydrogen (secondary N) is 1. The Morgan fingerprint density at radius 1 is 1.00 bits per heavy atom. The Kier molecular flexibility index (Phi) is 6.03. The Bertz CT molecular complexity index is 325. The van der Waals surface area contributed by atoms with E-state index in [1.54, 1.807) is 0 Å². The van der Waals surface area contributed by atoms with E-state index < -0.39 is 0 Å². The van der Waals surface area contributed by atoms with Crippen LogP contribution in [0.1, 0.15) is 41.0 Å². The molecule has 1 aromatic carbocycles. The van der Waals surface area contributed by atoms with Crippen LogP contribution in [0.2, 0.25) is 0 Å². The number of nitrogens with zero attached hydrogens (tertiary/aromatic N) is 1. The monoisotopic (exact) mass is 248 g/mol. The Morgan fingerprint density at radius 2 is 1.56 bits per heavy atom. The van der Waals surface area contributed by atoms with Crippen LogP contribution in [-0.4, -0.2) is 19.1 Å². The van der Waals surface area contributed by atoms with Gasteiger partial charge in [-0.05, 0) is 57.4 Å². The van der Waals surface area contributed by atoms with Gasteiger partial charge in [-0.15, -0.1) is 0 Å². The molecule has 0 heterocycles. The Balaban J connectivity index is 2.60. The van der Waals surface area contributed by atoms with Crippen molar-refractivity contribution in [2.45, 2.75) is 47.1 Å². The molecule has 0 aliphatic rings. The van der Waals surface area contributed by atoms with E-state index in [9.17, 15) is 0 Å². The van der Waals surface area contributed by atoms with Crippen LogP contribution in [0.25, 0.3) is 0 Å². The van der Waals surface area contributed by atoms with Crippen LogP contribution < -0.4 is 10.2 Å². The molecule has 1 rings (SSSR count). The fourth-order valence-electron chi connectivity index (χ4n) is 2.41. The van der Waals surface area contributed by atoms with Gasteiger partial charge in [-0.3, -0.25) is 0 Å². The third-order valence-corrected chi connectivity index (χ3v) is 3.23. The smallest absolute Gasteiger partial charge is 0.0367 e. The summed E-state index contributed by atoms with van der Waals surface area (Å²) in [7, 11) is 0. The lowest BCUT2D eigenvalue weighted by molar-refractivity contribution is 0.540. The molecule has 2 nitrogen and oxygen atoms in total. The molecular weight excluding hydrogens is 220 g/mol. The van der Waals surface area contributed by atoms with E-state index in [1.165, 1.54) is 17.8 Å². The van der Waals surface area contributed by atoms with Gasteiger partial charge in [-0.25, -0.2) is 0 Å². The second kappa shape index (κ2) is 7.30. The van der Waals surface area contributed by atoms with Crippen molar-refractivity contribution in [2.24, 2.45) is 5.92 Å². The van der Waals surface area contributed by atoms with Crippen LogP contribution >= 0.6 is 0 Å². The first-order valence-corrected chi connectivity index (χ1v) is 7.18. The molecule has 1 atom stereocenters. The third-order valence-electron chi connectivity index (χ3n) is 3.23. The molecule has 0 bridgehead atoms. The van der Waals surface area contributed by atoms with Gasteiger partial charge < -0.3 is 10.2 Å². The van der Waals surface area contributed by atoms with Crippen LogP contribution in [-0.2, 0) is 0 Å². The van der Waals surface area contributed by atoms with E-state index in [0.29, 0.717) is 6.04 Å². The summed E-state index contributed by atoms with van der Waals surface area (Å²) in [4.78, 5) is 2.36. The summed E-state index contributed by atoms with van der Waals surface area (Å²) < 4.78 is 0. The molecule has 1 unspecified atom stereocenters. The van der Waals surface area contributed by atoms with Gasteiger partial charge in [0.2, 0.25) is 0 Å². The highest BCUT2D eigenvalue weighted by Crippen LogP contribution is 2.19. The molecule has 0 radical (unpaired) electrons. The van der Waals surface area contributed by atoms with Crippen molar-refractivity contribution in [2.75, 3.05) is 23.3 Å². The Hall–Kier alpha value is -1.18. The van der Waals surface area contributed by atoms with Gasteiger partial charge in [0, 0.05) is 30.5 Å². The zero-order valence-electron chi connectivity index (χ0n) is 12.5. The van der Waals surface area contributed by atoms with Crippen LogP contribution in [0.4, 0.5) is 11.4 Å². The predicted molar refractivity (Wildman–Crippen MR) is 82.5 cm³/mol. The maximum atomic E-state index is 3.56. The average molecular weight is 248 g/mol. The zero-order valence-corrected chi connectivity index (χ0v) is 12.5. The van der Waals surface area contributed by atoms with Gasteiger partial charge in [-0.2, -0.15) is 0 Å². The number of benzene rings is 1. The summed E-state index contributed by atoms with van der Waals surface area (Å²) in [5, 5.41) is 3.56. The molecule has 0 saturated heterocycles. The van der Waals surface area contributed by atoms with Crippen LogP contribution in [0.5, 0.6) is 0 Å². The maximum absolute atomic E-state index is 3.56. The number of anilines is 2. The van der Waals surface area contributed by atoms with Crippen molar-refractivity contribution in [3.63, 3.8) is 0 Å². The highest BCUT2D eigenvalue weighted by molar-refractivity contribution is 5.55. The number of hydrogen-bond donors (Lipinski definition) is 1. The minimum absolute atomic E-state index is 0.532. The van der Waals surface area contributed by atoms with Gasteiger partial charge in [0.1, 0.15) is 0 Å². The van der Waals surface area contributed by atoms with Crippen molar-refractivity contribution in [1.82, 2.24) is 0 Å². The van der Waals surface area contributed by atoms with E-state index in [2.05, 4.69) is 69.1 Å². The standard InChI is InChI=1S/C16H28N2/c1-6-18(7-2)16-10-8-15(9-11-16)17-14(5)12-13(3)4/h8-11,13-14,17H,6-7,12H2,1-5H3. The molecule has 0 amide bonds. The highest BCUT2D eigenvalue weighted by atomic mass is 15.1. The van der Waals surface area contributed by atoms with E-state index in [1.807, 2.05) is 0 Å². The molecule has 1 N–H and O–H groups in total. The Labute approximate surface area is 112 Å². The summed E-state index contributed by atoms with van der Waals surface area (Å²) in [6, 6.07) is 9.31. The molecule has 0 spiro atoms. The average Bonchev–Trinajstić information content (AvgIpc) is 2.31. The molecular formula is C16H28N2. The van der Waals surface area contributed by atoms with Gasteiger partial charge in [0.15, 0.2) is 0 Å². The fourth-order valence-corrected chi connectivity index (χ4v) is 2.41. The largest absolute Gasteiger partial charge is 0.383 e. The third kappa shape index (κ3) is 4.59. The van der Waals surface area contributed by atoms with E-state index in [0.717, 1.165) is 19.0 Å². The lowest BCUT2D eigenvalue weighted by atomic mass is 10.1. The van der Waals surface area contributed by atoms with Crippen molar-refractivity contribution in [3.05, 3.63) is 24.3 Å². The van der Waals surface area contributed by atoms with Crippen LogP contribution in [0.3, 0.4) is 0 Å². The zero-order chi connectivity index (χ0) is 13.5. The molecule has 0 aromatic heterocycles. The van der Waals surface area contributed by atoms with Crippen LogP contribution in [0.15, 0.2) is 24.3 Å². The number of hydrogen-bond acceptors (Lipinski definition) is 2. The molecule has 0 aliphatic heterocycles. The van der Waals surface area contributed by atoms with Gasteiger partial charge in [0.25, 0.3) is 0 Å². The topological polar surface area (TPSA) is 15.3 Å². The van der Waals surface area contributed by atoms with Gasteiger partial charge in [0.05, 0.1) is 0 Å². The SMILES string of the molecule is CCN(CC)c1ccc(NC(C)CC(C)C)cc1. The fraction of sp³-hybridized carbons (Fsp3) is 0.625. The molecule has 102 valence electrons. The predicted octanol–water partition coefficient (Wildman–Crippen LogP) is 4.38. The molecule has 0 aliphatic carbocycles. The number of rotatable bonds is 7. The molecule has 18 heavy (non-hydrogen) atoms. The van der Waals surface area contributed by atoms with E-state index >= 15 is 0 Å². The normalized spacial score (nSPS) is 12.6. The van der Waals surface area contributed by atoms with Crippen LogP contribution in [0, 0.1) is 5.92 Å². The summed E-state index contributed by atoms with van der Waals surface area (Å²) in [5.41, 5.74) is 2.53. The molecule has 1 aromatic rings. The van der Waals surface area contributed by atoms with Gasteiger partial charge >= 0.3 is 0 Å². The molecule has 0 fully saturated rings. The summed E-state index contributed by atoms with van der Waals surface area (Å²) in [6.07, 6.45) is 1.21.